The summed E-state index contributed by atoms with van der Waals surface area (Å²) in [6.07, 6.45) is 7.96. The van der Waals surface area contributed by atoms with Crippen LogP contribution >= 0.6 is 69.9 Å². The Morgan fingerprint density at radius 1 is 0.655 bits per heavy atom. The SMILES string of the molecule is CC(C)C1=C(C(=O)N2[C@H](C)CC[C@H]2C(=O)N2C[C@H](C)NC3(CC3)C2)SC2=N[C@@](C)(c3ccc(Cl)nc3)[C@@H](c3ccc(Cl)c(F)c3)N21.CC(C)C1=C(C(=O)N2[C@H](C)CC[C@H]2C(=O)O)SC2=N[C@@](C)(c3ccc(Cl)nc3)[C@@H](c3ccc(Cl)c(F)c3)N21. The van der Waals surface area contributed by atoms with Crippen LogP contribution in [0.4, 0.5) is 8.78 Å². The zero-order valence-corrected chi connectivity index (χ0v) is 52.6. The summed E-state index contributed by atoms with van der Waals surface area (Å²) in [6, 6.07) is 14.2. The van der Waals surface area contributed by atoms with Crippen molar-refractivity contribution in [2.45, 2.75) is 160 Å². The van der Waals surface area contributed by atoms with Gasteiger partial charge in [-0.1, -0.05) is 98.4 Å². The number of aliphatic imine (C=N–C) groups is 2. The second-order valence-electron chi connectivity index (χ2n) is 24.3. The summed E-state index contributed by atoms with van der Waals surface area (Å²) >= 11 is 26.9. The minimum Gasteiger partial charge on any atom is -0.480 e. The predicted molar refractivity (Wildman–Crippen MR) is 326 cm³/mol. The van der Waals surface area contributed by atoms with Gasteiger partial charge in [-0.15, -0.1) is 0 Å². The van der Waals surface area contributed by atoms with E-state index in [4.69, 9.17) is 56.4 Å². The van der Waals surface area contributed by atoms with Crippen molar-refractivity contribution in [1.29, 1.82) is 0 Å². The molecule has 444 valence electrons. The Morgan fingerprint density at radius 2 is 1.10 bits per heavy atom. The van der Waals surface area contributed by atoms with Gasteiger partial charge in [-0.05, 0) is 156 Å². The summed E-state index contributed by atoms with van der Waals surface area (Å²) in [5.41, 5.74) is 2.72. The predicted octanol–water partition coefficient (Wildman–Crippen LogP) is 12.7. The van der Waals surface area contributed by atoms with E-state index in [9.17, 15) is 28.7 Å². The van der Waals surface area contributed by atoms with Crippen molar-refractivity contribution in [3.8, 4) is 0 Å². The zero-order valence-electron chi connectivity index (χ0n) is 48.0. The highest BCUT2D eigenvalue weighted by molar-refractivity contribution is 8.18. The van der Waals surface area contributed by atoms with Gasteiger partial charge >= 0.3 is 5.97 Å². The van der Waals surface area contributed by atoms with E-state index < -0.39 is 52.8 Å². The van der Waals surface area contributed by atoms with Crippen molar-refractivity contribution in [3.63, 3.8) is 0 Å². The highest BCUT2D eigenvalue weighted by atomic mass is 35.5. The normalized spacial score (nSPS) is 28.6. The summed E-state index contributed by atoms with van der Waals surface area (Å²) < 4.78 is 29.8. The van der Waals surface area contributed by atoms with Crippen LogP contribution in [0.15, 0.2) is 104 Å². The number of piperazine rings is 1. The van der Waals surface area contributed by atoms with Crippen molar-refractivity contribution in [2.24, 2.45) is 21.8 Å². The number of pyridine rings is 2. The van der Waals surface area contributed by atoms with Gasteiger partial charge in [0.15, 0.2) is 10.3 Å². The van der Waals surface area contributed by atoms with Crippen LogP contribution < -0.4 is 5.32 Å². The van der Waals surface area contributed by atoms with Gasteiger partial charge < -0.3 is 34.9 Å². The Labute approximate surface area is 516 Å². The second-order valence-corrected chi connectivity index (χ2v) is 27.9. The standard InChI is InChI=1S/C34H39Cl2FN6O2S.C27H27Cl2FN4O3S/c1-18(2)27-28(31(45)42-20(4)6-10-25(42)30(44)41-16-19(3)39-34(17-41)12-13-34)46-32-40-33(5,22-8-11-26(36)38-15-22)29(43(27)32)21-7-9-23(35)24(37)14-21;1-13(2)21-22(24(35)33-14(3)5-9-19(33)25(36)37)38-26-32-27(4,16-7-10-20(29)31-12-16)23(34(21)26)15-6-8-17(28)18(30)11-15/h7-9,11,14-15,18-20,25,29,39H,6,10,12-13,16-17H2,1-5H3;6-8,10-14,19,23H,5,9H2,1-4H3,(H,36,37)/t19-,20+,25-,29+,33-;14-,19+,23-,27+/m01/s1. The molecule has 23 heteroatoms. The first-order chi connectivity index (χ1) is 39.7. The highest BCUT2D eigenvalue weighted by Gasteiger charge is 2.58. The quantitative estimate of drug-likeness (QED) is 0.144. The number of likely N-dealkylation sites (tertiary alicyclic amines) is 2. The van der Waals surface area contributed by atoms with Crippen LogP contribution in [-0.4, -0.2) is 122 Å². The summed E-state index contributed by atoms with van der Waals surface area (Å²) in [5, 5.41) is 15.4. The average molecular weight is 1260 g/mol. The van der Waals surface area contributed by atoms with Crippen LogP contribution in [-0.2, 0) is 30.3 Å². The van der Waals surface area contributed by atoms with Gasteiger partial charge in [-0.3, -0.25) is 14.4 Å². The monoisotopic (exact) mass is 1260 g/mol. The largest absolute Gasteiger partial charge is 0.480 e. The molecule has 3 saturated heterocycles. The minimum absolute atomic E-state index is 0.0109. The first-order valence-corrected chi connectivity index (χ1v) is 31.6. The summed E-state index contributed by atoms with van der Waals surface area (Å²) in [6.45, 7) is 19.4. The van der Waals surface area contributed by atoms with Crippen LogP contribution in [0.3, 0.4) is 0 Å². The maximum atomic E-state index is 15.0. The van der Waals surface area contributed by atoms with E-state index in [1.165, 1.54) is 46.6 Å². The number of aromatic nitrogens is 2. The van der Waals surface area contributed by atoms with Gasteiger partial charge in [0.2, 0.25) is 5.91 Å². The summed E-state index contributed by atoms with van der Waals surface area (Å²) in [4.78, 5) is 84.0. The average Bonchev–Trinajstić information content (AvgIpc) is 1.80. The number of nitrogens with zero attached hydrogens (tertiary/aromatic N) is 9. The number of nitrogens with one attached hydrogen (secondary N) is 1. The van der Waals surface area contributed by atoms with Crippen LogP contribution in [0.5, 0.6) is 0 Å². The van der Waals surface area contributed by atoms with Crippen LogP contribution in [0.2, 0.25) is 20.4 Å². The van der Waals surface area contributed by atoms with Gasteiger partial charge in [0.1, 0.15) is 54.9 Å². The number of allylic oxidation sites excluding steroid dienone is 2. The van der Waals surface area contributed by atoms with Gasteiger partial charge in [0, 0.05) is 71.7 Å². The molecular weight excluding hydrogens is 1200 g/mol. The number of carbonyl (C=O) groups excluding carboxylic acids is 3. The fourth-order valence-electron chi connectivity index (χ4n) is 13.6. The van der Waals surface area contributed by atoms with Gasteiger partial charge in [-0.25, -0.2) is 33.5 Å². The molecule has 9 heterocycles. The Morgan fingerprint density at radius 3 is 1.49 bits per heavy atom. The molecule has 0 unspecified atom stereocenters. The molecule has 9 atom stereocenters. The van der Waals surface area contributed by atoms with E-state index >= 15 is 4.39 Å². The van der Waals surface area contributed by atoms with Gasteiger partial charge in [-0.2, -0.15) is 0 Å². The van der Waals surface area contributed by atoms with Gasteiger partial charge in [0.25, 0.3) is 11.8 Å². The highest BCUT2D eigenvalue weighted by Crippen LogP contribution is 2.59. The molecule has 1 spiro atoms. The molecule has 1 aliphatic carbocycles. The lowest BCUT2D eigenvalue weighted by molar-refractivity contribution is -0.147. The number of amides is 3. The number of aliphatic carboxylic acids is 1. The van der Waals surface area contributed by atoms with Crippen molar-refractivity contribution < 1.29 is 33.1 Å². The van der Waals surface area contributed by atoms with Crippen molar-refractivity contribution in [3.05, 3.63) is 149 Å². The molecule has 84 heavy (non-hydrogen) atoms. The lowest BCUT2D eigenvalue weighted by Gasteiger charge is -2.41. The second kappa shape index (κ2) is 22.8. The number of amidine groups is 2. The van der Waals surface area contributed by atoms with E-state index in [0.717, 1.165) is 41.8 Å². The fourth-order valence-corrected chi connectivity index (χ4v) is 16.7. The minimum atomic E-state index is -1.01. The molecule has 8 aliphatic rings. The Kier molecular flexibility index (Phi) is 16.4. The Bertz CT molecular complexity index is 3500. The number of carboxylic acid groups (broad SMARTS) is 1. The molecule has 2 N–H and O–H groups in total. The van der Waals surface area contributed by atoms with E-state index in [1.807, 2.05) is 74.4 Å². The van der Waals surface area contributed by atoms with Crippen molar-refractivity contribution in [1.82, 2.24) is 39.8 Å². The summed E-state index contributed by atoms with van der Waals surface area (Å²) in [7, 11) is 0. The first kappa shape index (κ1) is 60.4. The van der Waals surface area contributed by atoms with E-state index in [1.54, 1.807) is 36.7 Å². The lowest BCUT2D eigenvalue weighted by Crippen LogP contribution is -2.61. The van der Waals surface area contributed by atoms with Gasteiger partial charge in [0.05, 0.1) is 22.1 Å². The Hall–Kier alpha value is -5.28. The van der Waals surface area contributed by atoms with E-state index in [0.29, 0.717) is 73.9 Å². The molecule has 3 amide bonds. The molecule has 2 aromatic carbocycles. The summed E-state index contributed by atoms with van der Waals surface area (Å²) in [5.74, 6) is -2.68. The molecular formula is C61H66Cl4F2N10O5S2. The molecule has 15 nitrogen and oxygen atoms in total. The number of carboxylic acids is 1. The number of halogens is 6. The van der Waals surface area contributed by atoms with E-state index in [2.05, 4.69) is 41.0 Å². The molecule has 1 saturated carbocycles. The van der Waals surface area contributed by atoms with E-state index in [-0.39, 0.29) is 63.3 Å². The lowest BCUT2D eigenvalue weighted by atomic mass is 9.81. The van der Waals surface area contributed by atoms with Crippen LogP contribution in [0, 0.1) is 23.5 Å². The molecule has 4 aromatic rings. The molecule has 0 radical (unpaired) electrons. The Balaban J connectivity index is 0.000000179. The number of hydrogen-bond acceptors (Lipinski definition) is 13. The van der Waals surface area contributed by atoms with Crippen LogP contribution in [0.1, 0.15) is 135 Å². The maximum absolute atomic E-state index is 15.0. The molecule has 7 aliphatic heterocycles. The smallest absolute Gasteiger partial charge is 0.326 e. The fraction of sp³-hybridized carbons (Fsp3) is 0.475. The number of fused-ring (bicyclic) bond motifs is 2. The molecule has 12 rings (SSSR count). The topological polar surface area (TPSA) is 167 Å². The maximum Gasteiger partial charge on any atom is 0.326 e. The van der Waals surface area contributed by atoms with Crippen molar-refractivity contribution >= 4 is 104 Å². The number of benzene rings is 2. The molecule has 4 fully saturated rings. The number of hydrogen-bond donors (Lipinski definition) is 2. The third-order valence-electron chi connectivity index (χ3n) is 17.7. The third-order valence-corrected chi connectivity index (χ3v) is 20.9. The zero-order chi connectivity index (χ0) is 60.2. The number of carbonyl (C=O) groups is 4. The first-order valence-electron chi connectivity index (χ1n) is 28.5. The van der Waals surface area contributed by atoms with Crippen molar-refractivity contribution in [2.75, 3.05) is 13.1 Å². The third kappa shape index (κ3) is 10.6. The number of thioether (sulfide) groups is 2. The van der Waals surface area contributed by atoms with Crippen LogP contribution in [0.25, 0.3) is 0 Å². The molecule has 2 aromatic heterocycles. The number of rotatable bonds is 10. The molecule has 0 bridgehead atoms.